The number of aliphatic hydroxyl groups excluding tert-OH is 1. The maximum Gasteiger partial charge on any atom is 0.262 e. The van der Waals surface area contributed by atoms with Gasteiger partial charge in [-0.2, -0.15) is 0 Å². The SMILES string of the molecule is C[C@@H]1CCCC[C@H]1NC(=O)CSc1nc2cc(Cl)ccc2c(=O)n1C[C@@H](C)O. The summed E-state index contributed by atoms with van der Waals surface area (Å²) in [7, 11) is 0. The highest BCUT2D eigenvalue weighted by atomic mass is 35.5. The van der Waals surface area contributed by atoms with Gasteiger partial charge in [0.25, 0.3) is 5.56 Å². The molecular weight excluding hydrogens is 398 g/mol. The van der Waals surface area contributed by atoms with Gasteiger partial charge in [0.05, 0.1) is 29.3 Å². The molecule has 0 saturated heterocycles. The topological polar surface area (TPSA) is 84.2 Å². The molecule has 1 aliphatic rings. The summed E-state index contributed by atoms with van der Waals surface area (Å²) in [6.45, 7) is 3.91. The summed E-state index contributed by atoms with van der Waals surface area (Å²) in [4.78, 5) is 29.8. The van der Waals surface area contributed by atoms with Crippen LogP contribution in [0.1, 0.15) is 39.5 Å². The molecule has 1 aliphatic carbocycles. The molecule has 1 saturated carbocycles. The Bertz CT molecular complexity index is 915. The normalized spacial score (nSPS) is 20.9. The van der Waals surface area contributed by atoms with Gasteiger partial charge in [0, 0.05) is 11.1 Å². The molecule has 6 nitrogen and oxygen atoms in total. The highest BCUT2D eigenvalue weighted by molar-refractivity contribution is 7.99. The van der Waals surface area contributed by atoms with Crippen molar-refractivity contribution in [1.29, 1.82) is 0 Å². The molecule has 8 heteroatoms. The standard InChI is InChI=1S/C20H26ClN3O3S/c1-12-5-3-4-6-16(12)22-18(26)11-28-20-23-17-9-14(21)7-8-15(17)19(27)24(20)10-13(2)25/h7-9,12-13,16,25H,3-6,10-11H2,1-2H3,(H,22,26)/t12-,13-,16-/m1/s1. The zero-order valence-corrected chi connectivity index (χ0v) is 17.7. The number of nitrogens with one attached hydrogen (secondary N) is 1. The van der Waals surface area contributed by atoms with Crippen LogP contribution in [0.3, 0.4) is 0 Å². The van der Waals surface area contributed by atoms with Crippen molar-refractivity contribution < 1.29 is 9.90 Å². The number of benzene rings is 1. The number of rotatable bonds is 6. The molecule has 3 atom stereocenters. The van der Waals surface area contributed by atoms with Gasteiger partial charge >= 0.3 is 0 Å². The molecule has 0 unspecified atom stereocenters. The number of carbonyl (C=O) groups is 1. The van der Waals surface area contributed by atoms with Crippen LogP contribution in [0.4, 0.5) is 0 Å². The minimum atomic E-state index is -0.708. The maximum absolute atomic E-state index is 12.9. The van der Waals surface area contributed by atoms with E-state index in [9.17, 15) is 14.7 Å². The van der Waals surface area contributed by atoms with Crippen LogP contribution in [-0.2, 0) is 11.3 Å². The first-order valence-electron chi connectivity index (χ1n) is 9.65. The second-order valence-corrected chi connectivity index (χ2v) is 8.92. The van der Waals surface area contributed by atoms with Crippen LogP contribution in [-0.4, -0.2) is 38.5 Å². The molecule has 28 heavy (non-hydrogen) atoms. The molecule has 2 aromatic rings. The Morgan fingerprint density at radius 2 is 2.18 bits per heavy atom. The fraction of sp³-hybridized carbons (Fsp3) is 0.550. The van der Waals surface area contributed by atoms with Crippen LogP contribution < -0.4 is 10.9 Å². The molecule has 1 heterocycles. The van der Waals surface area contributed by atoms with E-state index < -0.39 is 6.10 Å². The first-order valence-corrected chi connectivity index (χ1v) is 11.0. The lowest BCUT2D eigenvalue weighted by Gasteiger charge is -2.29. The smallest absolute Gasteiger partial charge is 0.262 e. The maximum atomic E-state index is 12.9. The number of amides is 1. The highest BCUT2D eigenvalue weighted by Crippen LogP contribution is 2.24. The van der Waals surface area contributed by atoms with Gasteiger partial charge in [0.15, 0.2) is 5.16 Å². The van der Waals surface area contributed by atoms with Gasteiger partial charge in [-0.05, 0) is 43.9 Å². The molecule has 0 aliphatic heterocycles. The van der Waals surface area contributed by atoms with Gasteiger partial charge in [-0.1, -0.05) is 43.1 Å². The molecule has 0 spiro atoms. The number of fused-ring (bicyclic) bond motifs is 1. The van der Waals surface area contributed by atoms with E-state index in [0.717, 1.165) is 19.3 Å². The Labute approximate surface area is 173 Å². The van der Waals surface area contributed by atoms with Crippen LogP contribution >= 0.6 is 23.4 Å². The zero-order valence-electron chi connectivity index (χ0n) is 16.2. The first kappa shape index (κ1) is 21.1. The molecule has 1 fully saturated rings. The largest absolute Gasteiger partial charge is 0.392 e. The van der Waals surface area contributed by atoms with Crippen molar-refractivity contribution in [2.24, 2.45) is 5.92 Å². The predicted octanol–water partition coefficient (Wildman–Crippen LogP) is 3.22. The Morgan fingerprint density at radius 1 is 1.43 bits per heavy atom. The minimum absolute atomic E-state index is 0.0622. The van der Waals surface area contributed by atoms with Crippen molar-refractivity contribution in [2.45, 2.75) is 63.4 Å². The Balaban J connectivity index is 1.80. The fourth-order valence-electron chi connectivity index (χ4n) is 3.62. The van der Waals surface area contributed by atoms with Gasteiger partial charge in [-0.15, -0.1) is 0 Å². The minimum Gasteiger partial charge on any atom is -0.392 e. The molecule has 1 aromatic heterocycles. The Morgan fingerprint density at radius 3 is 2.89 bits per heavy atom. The van der Waals surface area contributed by atoms with Gasteiger partial charge in [-0.25, -0.2) is 4.98 Å². The lowest BCUT2D eigenvalue weighted by molar-refractivity contribution is -0.119. The number of hydrogen-bond donors (Lipinski definition) is 2. The molecule has 3 rings (SSSR count). The van der Waals surface area contributed by atoms with Crippen LogP contribution in [0.2, 0.25) is 5.02 Å². The zero-order chi connectivity index (χ0) is 20.3. The van der Waals surface area contributed by atoms with Gasteiger partial charge in [0.2, 0.25) is 5.91 Å². The quantitative estimate of drug-likeness (QED) is 0.550. The van der Waals surface area contributed by atoms with Crippen molar-refractivity contribution >= 4 is 40.2 Å². The molecular formula is C20H26ClN3O3S. The van der Waals surface area contributed by atoms with Gasteiger partial charge < -0.3 is 10.4 Å². The van der Waals surface area contributed by atoms with Gasteiger partial charge in [0.1, 0.15) is 0 Å². The first-order chi connectivity index (χ1) is 13.3. The van der Waals surface area contributed by atoms with Crippen molar-refractivity contribution in [2.75, 3.05) is 5.75 Å². The highest BCUT2D eigenvalue weighted by Gasteiger charge is 2.23. The summed E-state index contributed by atoms with van der Waals surface area (Å²) in [6, 6.07) is 5.13. The van der Waals surface area contributed by atoms with Crippen LogP contribution in [0.5, 0.6) is 0 Å². The van der Waals surface area contributed by atoms with Crippen molar-refractivity contribution in [3.8, 4) is 0 Å². The number of aliphatic hydroxyl groups is 1. The summed E-state index contributed by atoms with van der Waals surface area (Å²) in [6.07, 6.45) is 3.80. The van der Waals surface area contributed by atoms with E-state index in [0.29, 0.717) is 27.0 Å². The van der Waals surface area contributed by atoms with Crippen LogP contribution in [0.25, 0.3) is 10.9 Å². The summed E-state index contributed by atoms with van der Waals surface area (Å²) in [5.74, 6) is 0.589. The van der Waals surface area contributed by atoms with Crippen molar-refractivity contribution in [1.82, 2.24) is 14.9 Å². The number of halogens is 1. The van der Waals surface area contributed by atoms with E-state index in [1.54, 1.807) is 25.1 Å². The third-order valence-corrected chi connectivity index (χ3v) is 6.33. The molecule has 0 bridgehead atoms. The van der Waals surface area contributed by atoms with E-state index in [1.807, 2.05) is 0 Å². The summed E-state index contributed by atoms with van der Waals surface area (Å²) < 4.78 is 1.43. The van der Waals surface area contributed by atoms with E-state index in [4.69, 9.17) is 11.6 Å². The lowest BCUT2D eigenvalue weighted by Crippen LogP contribution is -2.42. The predicted molar refractivity (Wildman–Crippen MR) is 113 cm³/mol. The van der Waals surface area contributed by atoms with Gasteiger partial charge in [-0.3, -0.25) is 14.2 Å². The van der Waals surface area contributed by atoms with E-state index >= 15 is 0 Å². The van der Waals surface area contributed by atoms with Crippen LogP contribution in [0.15, 0.2) is 28.2 Å². The van der Waals surface area contributed by atoms with E-state index in [2.05, 4.69) is 17.2 Å². The number of nitrogens with zero attached hydrogens (tertiary/aromatic N) is 2. The number of carbonyl (C=O) groups excluding carboxylic acids is 1. The van der Waals surface area contributed by atoms with Crippen molar-refractivity contribution in [3.63, 3.8) is 0 Å². The van der Waals surface area contributed by atoms with Crippen molar-refractivity contribution in [3.05, 3.63) is 33.6 Å². The monoisotopic (exact) mass is 423 g/mol. The number of thioether (sulfide) groups is 1. The van der Waals surface area contributed by atoms with E-state index in [1.165, 1.54) is 22.7 Å². The Hall–Kier alpha value is -1.57. The second kappa shape index (κ2) is 9.29. The third kappa shape index (κ3) is 5.07. The summed E-state index contributed by atoms with van der Waals surface area (Å²) >= 11 is 7.24. The number of hydrogen-bond acceptors (Lipinski definition) is 5. The average molecular weight is 424 g/mol. The third-order valence-electron chi connectivity index (χ3n) is 5.12. The molecule has 1 amide bonds. The molecule has 1 aromatic carbocycles. The lowest BCUT2D eigenvalue weighted by atomic mass is 9.86. The average Bonchev–Trinajstić information content (AvgIpc) is 2.64. The second-order valence-electron chi connectivity index (χ2n) is 7.55. The summed E-state index contributed by atoms with van der Waals surface area (Å²) in [5.41, 5.74) is 0.245. The van der Waals surface area contributed by atoms with E-state index in [-0.39, 0.29) is 29.8 Å². The molecule has 152 valence electrons. The fourth-order valence-corrected chi connectivity index (χ4v) is 4.60. The molecule has 0 radical (unpaired) electrons. The van der Waals surface area contributed by atoms with Crippen LogP contribution in [0, 0.1) is 5.92 Å². The number of aromatic nitrogens is 2. The Kier molecular flexibility index (Phi) is 7.01. The summed E-state index contributed by atoms with van der Waals surface area (Å²) in [5, 5.41) is 14.3. The molecule has 2 N–H and O–H groups in total.